The molecule has 0 unspecified atom stereocenters. The molecule has 27 heavy (non-hydrogen) atoms. The Hall–Kier alpha value is -2.77. The average Bonchev–Trinajstić information content (AvgIpc) is 3.14. The van der Waals surface area contributed by atoms with E-state index >= 15 is 0 Å². The predicted molar refractivity (Wildman–Crippen MR) is 104 cm³/mol. The second-order valence-corrected chi connectivity index (χ2v) is 6.99. The van der Waals surface area contributed by atoms with E-state index in [1.54, 1.807) is 24.3 Å². The summed E-state index contributed by atoms with van der Waals surface area (Å²) in [6, 6.07) is 12.5. The molecule has 0 spiro atoms. The highest BCUT2D eigenvalue weighted by molar-refractivity contribution is 7.14. The molecule has 0 saturated heterocycles. The van der Waals surface area contributed by atoms with Gasteiger partial charge in [-0.3, -0.25) is 10.1 Å². The summed E-state index contributed by atoms with van der Waals surface area (Å²) in [4.78, 5) is 16.5. The minimum Gasteiger partial charge on any atom is -0.486 e. The Morgan fingerprint density at radius 2 is 2.04 bits per heavy atom. The van der Waals surface area contributed by atoms with Crippen molar-refractivity contribution in [3.8, 4) is 28.5 Å². The molecule has 0 radical (unpaired) electrons. The lowest BCUT2D eigenvalue weighted by atomic mass is 10.1. The third-order valence-electron chi connectivity index (χ3n) is 3.75. The van der Waals surface area contributed by atoms with Crippen LogP contribution in [0.15, 0.2) is 47.8 Å². The monoisotopic (exact) mass is 402 g/mol. The number of amides is 1. The number of halogens is 1. The van der Waals surface area contributed by atoms with Crippen LogP contribution < -0.4 is 19.5 Å². The average molecular weight is 403 g/mol. The zero-order valence-corrected chi connectivity index (χ0v) is 15.7. The van der Waals surface area contributed by atoms with Crippen molar-refractivity contribution in [1.82, 2.24) is 4.98 Å². The van der Waals surface area contributed by atoms with Crippen molar-refractivity contribution >= 4 is 34.0 Å². The zero-order valence-electron chi connectivity index (χ0n) is 14.1. The molecule has 0 atom stereocenters. The van der Waals surface area contributed by atoms with Crippen LogP contribution in [0.4, 0.5) is 5.13 Å². The Kier molecular flexibility index (Phi) is 5.13. The Labute approximate surface area is 164 Å². The molecular formula is C19H15ClN2O4S. The number of carbonyl (C=O) groups excluding carboxylic acids is 1. The molecule has 0 saturated carbocycles. The highest BCUT2D eigenvalue weighted by Gasteiger charge is 2.14. The summed E-state index contributed by atoms with van der Waals surface area (Å²) in [6.45, 7) is 0.956. The minimum atomic E-state index is -0.293. The van der Waals surface area contributed by atoms with Crippen molar-refractivity contribution in [2.75, 3.05) is 25.1 Å². The molecule has 1 aliphatic heterocycles. The number of rotatable bonds is 5. The second kappa shape index (κ2) is 7.85. The van der Waals surface area contributed by atoms with Crippen LogP contribution in [0.3, 0.4) is 0 Å². The summed E-state index contributed by atoms with van der Waals surface area (Å²) < 4.78 is 16.5. The van der Waals surface area contributed by atoms with E-state index in [1.807, 2.05) is 23.6 Å². The van der Waals surface area contributed by atoms with Crippen molar-refractivity contribution < 1.29 is 19.0 Å². The maximum absolute atomic E-state index is 12.1. The summed E-state index contributed by atoms with van der Waals surface area (Å²) >= 11 is 7.23. The predicted octanol–water partition coefficient (Wildman–Crippen LogP) is 4.25. The van der Waals surface area contributed by atoms with Crippen molar-refractivity contribution in [1.29, 1.82) is 0 Å². The standard InChI is InChI=1S/C19H15ClN2O4S/c20-13-2-1-3-14(9-13)26-10-18(23)22-19-21-15(11-27-19)12-4-5-16-17(8-12)25-7-6-24-16/h1-5,8-9,11H,6-7,10H2,(H,21,22,23). The topological polar surface area (TPSA) is 69.7 Å². The fourth-order valence-corrected chi connectivity index (χ4v) is 3.44. The van der Waals surface area contributed by atoms with E-state index in [0.29, 0.717) is 34.9 Å². The van der Waals surface area contributed by atoms with Gasteiger partial charge in [-0.05, 0) is 36.4 Å². The molecule has 6 nitrogen and oxygen atoms in total. The fourth-order valence-electron chi connectivity index (χ4n) is 2.53. The van der Waals surface area contributed by atoms with Gasteiger partial charge in [-0.1, -0.05) is 17.7 Å². The maximum atomic E-state index is 12.1. The fraction of sp³-hybridized carbons (Fsp3) is 0.158. The number of nitrogens with zero attached hydrogens (tertiary/aromatic N) is 1. The summed E-state index contributed by atoms with van der Waals surface area (Å²) in [5.41, 5.74) is 1.65. The summed E-state index contributed by atoms with van der Waals surface area (Å²) in [7, 11) is 0. The molecule has 3 aromatic rings. The molecule has 8 heteroatoms. The molecule has 4 rings (SSSR count). The van der Waals surface area contributed by atoms with Crippen molar-refractivity contribution in [2.24, 2.45) is 0 Å². The number of aromatic nitrogens is 1. The quantitative estimate of drug-likeness (QED) is 0.690. The molecule has 0 aliphatic carbocycles. The molecule has 2 aromatic carbocycles. The number of benzene rings is 2. The summed E-state index contributed by atoms with van der Waals surface area (Å²) in [6.07, 6.45) is 0. The first-order chi connectivity index (χ1) is 13.2. The van der Waals surface area contributed by atoms with Gasteiger partial charge in [-0.25, -0.2) is 4.98 Å². The van der Waals surface area contributed by atoms with Gasteiger partial charge in [0.25, 0.3) is 5.91 Å². The van der Waals surface area contributed by atoms with Crippen LogP contribution in [0.2, 0.25) is 5.02 Å². The number of hydrogen-bond donors (Lipinski definition) is 1. The largest absolute Gasteiger partial charge is 0.486 e. The van der Waals surface area contributed by atoms with E-state index in [2.05, 4.69) is 10.3 Å². The highest BCUT2D eigenvalue weighted by atomic mass is 35.5. The van der Waals surface area contributed by atoms with Crippen molar-refractivity contribution in [3.63, 3.8) is 0 Å². The molecule has 0 bridgehead atoms. The lowest BCUT2D eigenvalue weighted by molar-refractivity contribution is -0.118. The number of thiazole rings is 1. The Balaban J connectivity index is 1.38. The van der Waals surface area contributed by atoms with Crippen LogP contribution in [-0.2, 0) is 4.79 Å². The first kappa shape index (κ1) is 17.6. The number of nitrogens with one attached hydrogen (secondary N) is 1. The Bertz CT molecular complexity index is 976. The number of ether oxygens (including phenoxy) is 3. The van der Waals surface area contributed by atoms with Crippen LogP contribution in [-0.4, -0.2) is 30.7 Å². The van der Waals surface area contributed by atoms with E-state index < -0.39 is 0 Å². The smallest absolute Gasteiger partial charge is 0.264 e. The third-order valence-corrected chi connectivity index (χ3v) is 4.75. The van der Waals surface area contributed by atoms with E-state index in [9.17, 15) is 4.79 Å². The molecule has 138 valence electrons. The van der Waals surface area contributed by atoms with E-state index in [0.717, 1.165) is 17.0 Å². The van der Waals surface area contributed by atoms with E-state index in [4.69, 9.17) is 25.8 Å². The number of fused-ring (bicyclic) bond motifs is 1. The lowest BCUT2D eigenvalue weighted by Crippen LogP contribution is -2.20. The molecule has 2 heterocycles. The highest BCUT2D eigenvalue weighted by Crippen LogP contribution is 2.35. The van der Waals surface area contributed by atoms with E-state index in [-0.39, 0.29) is 12.5 Å². The van der Waals surface area contributed by atoms with Crippen molar-refractivity contribution in [2.45, 2.75) is 0 Å². The molecule has 1 N–H and O–H groups in total. The van der Waals surface area contributed by atoms with Gasteiger partial charge in [0, 0.05) is 16.0 Å². The molecule has 0 fully saturated rings. The normalized spacial score (nSPS) is 12.5. The van der Waals surface area contributed by atoms with Crippen LogP contribution in [0, 0.1) is 0 Å². The van der Waals surface area contributed by atoms with Gasteiger partial charge in [-0.15, -0.1) is 11.3 Å². The zero-order chi connectivity index (χ0) is 18.6. The summed E-state index contributed by atoms with van der Waals surface area (Å²) in [5.74, 6) is 1.67. The van der Waals surface area contributed by atoms with Gasteiger partial charge in [0.1, 0.15) is 19.0 Å². The van der Waals surface area contributed by atoms with Crippen LogP contribution >= 0.6 is 22.9 Å². The van der Waals surface area contributed by atoms with Crippen molar-refractivity contribution in [3.05, 3.63) is 52.9 Å². The van der Waals surface area contributed by atoms with Gasteiger partial charge in [0.2, 0.25) is 0 Å². The van der Waals surface area contributed by atoms with E-state index in [1.165, 1.54) is 11.3 Å². The minimum absolute atomic E-state index is 0.126. The SMILES string of the molecule is O=C(COc1cccc(Cl)c1)Nc1nc(-c2ccc3c(c2)OCCO3)cs1. The number of anilines is 1. The third kappa shape index (κ3) is 4.32. The molecule has 1 amide bonds. The number of hydrogen-bond acceptors (Lipinski definition) is 6. The van der Waals surface area contributed by atoms with Crippen LogP contribution in [0.25, 0.3) is 11.3 Å². The molecule has 1 aromatic heterocycles. The Morgan fingerprint density at radius 3 is 2.89 bits per heavy atom. The number of carbonyl (C=O) groups is 1. The van der Waals surface area contributed by atoms with Gasteiger partial charge in [-0.2, -0.15) is 0 Å². The van der Waals surface area contributed by atoms with Gasteiger partial charge < -0.3 is 14.2 Å². The molecular weight excluding hydrogens is 388 g/mol. The van der Waals surface area contributed by atoms with Gasteiger partial charge in [0.15, 0.2) is 23.2 Å². The first-order valence-electron chi connectivity index (χ1n) is 8.21. The summed E-state index contributed by atoms with van der Waals surface area (Å²) in [5, 5.41) is 5.66. The molecule has 1 aliphatic rings. The first-order valence-corrected chi connectivity index (χ1v) is 9.47. The Morgan fingerprint density at radius 1 is 1.19 bits per heavy atom. The lowest BCUT2D eigenvalue weighted by Gasteiger charge is -2.18. The maximum Gasteiger partial charge on any atom is 0.264 e. The van der Waals surface area contributed by atoms with Gasteiger partial charge in [0.05, 0.1) is 5.69 Å². The van der Waals surface area contributed by atoms with Crippen LogP contribution in [0.1, 0.15) is 0 Å². The van der Waals surface area contributed by atoms with Gasteiger partial charge >= 0.3 is 0 Å². The van der Waals surface area contributed by atoms with Crippen LogP contribution in [0.5, 0.6) is 17.2 Å². The second-order valence-electron chi connectivity index (χ2n) is 5.69.